The summed E-state index contributed by atoms with van der Waals surface area (Å²) in [5.74, 6) is 0.666. The fourth-order valence-electron chi connectivity index (χ4n) is 1.45. The molecule has 20 heavy (non-hydrogen) atoms. The highest BCUT2D eigenvalue weighted by molar-refractivity contribution is 8.16. The predicted octanol–water partition coefficient (Wildman–Crippen LogP) is 4.30. The summed E-state index contributed by atoms with van der Waals surface area (Å²) in [5.41, 5.74) is 0. The van der Waals surface area contributed by atoms with E-state index in [1.165, 1.54) is 7.05 Å². The lowest BCUT2D eigenvalue weighted by Gasteiger charge is -2.35. The number of rotatable bonds is 6. The third-order valence-electron chi connectivity index (χ3n) is 2.27. The topological polar surface area (TPSA) is 32.8 Å². The maximum absolute atomic E-state index is 12.7. The van der Waals surface area contributed by atoms with Crippen molar-refractivity contribution in [1.82, 2.24) is 8.38 Å². The highest BCUT2D eigenvalue weighted by atomic mass is 32.5. The molecule has 0 aliphatic rings. The minimum Gasteiger partial charge on any atom is -0.453 e. The highest BCUT2D eigenvalue weighted by Crippen LogP contribution is 2.53. The number of benzene rings is 1. The Kier molecular flexibility index (Phi) is 6.45. The van der Waals surface area contributed by atoms with E-state index < -0.39 is 12.6 Å². The van der Waals surface area contributed by atoms with Gasteiger partial charge in [0.15, 0.2) is 6.42 Å². The SMILES string of the molecule is CC(C)N(SN(C)C(=O)F)P(C)(=S)Oc1ccccc1. The van der Waals surface area contributed by atoms with Gasteiger partial charge in [-0.25, -0.2) is 9.10 Å². The summed E-state index contributed by atoms with van der Waals surface area (Å²) < 4.78 is 21.2. The van der Waals surface area contributed by atoms with E-state index in [0.717, 1.165) is 16.4 Å². The second-order valence-corrected chi connectivity index (χ2v) is 10.1. The van der Waals surface area contributed by atoms with Crippen LogP contribution in [0, 0.1) is 0 Å². The van der Waals surface area contributed by atoms with Crippen molar-refractivity contribution < 1.29 is 13.7 Å². The van der Waals surface area contributed by atoms with E-state index in [1.807, 2.05) is 44.2 Å². The molecule has 0 bridgehead atoms. The largest absolute Gasteiger partial charge is 0.453 e. The number of hydrogen-bond donors (Lipinski definition) is 0. The molecule has 0 aromatic heterocycles. The van der Waals surface area contributed by atoms with Crippen LogP contribution >= 0.6 is 18.5 Å². The van der Waals surface area contributed by atoms with Crippen LogP contribution in [0.2, 0.25) is 0 Å². The van der Waals surface area contributed by atoms with Crippen molar-refractivity contribution in [3.63, 3.8) is 0 Å². The molecular formula is C12H18FN2O2PS2. The molecule has 1 aromatic carbocycles. The number of amides is 1. The number of hydrogen-bond acceptors (Lipinski definition) is 4. The second-order valence-electron chi connectivity index (χ2n) is 4.44. The van der Waals surface area contributed by atoms with Gasteiger partial charge in [-0.05, 0) is 37.8 Å². The van der Waals surface area contributed by atoms with Crippen molar-refractivity contribution in [2.45, 2.75) is 19.9 Å². The van der Waals surface area contributed by atoms with Gasteiger partial charge in [-0.15, -0.1) is 4.39 Å². The van der Waals surface area contributed by atoms with Gasteiger partial charge < -0.3 is 4.52 Å². The molecule has 1 unspecified atom stereocenters. The summed E-state index contributed by atoms with van der Waals surface area (Å²) in [7, 11) is 1.36. The van der Waals surface area contributed by atoms with Gasteiger partial charge in [-0.2, -0.15) is 4.08 Å². The van der Waals surface area contributed by atoms with Crippen LogP contribution in [0.1, 0.15) is 13.8 Å². The lowest BCUT2D eigenvalue weighted by molar-refractivity contribution is 0.209. The molecule has 0 saturated heterocycles. The lowest BCUT2D eigenvalue weighted by Crippen LogP contribution is -2.28. The van der Waals surface area contributed by atoms with E-state index in [9.17, 15) is 9.18 Å². The molecule has 0 N–H and O–H groups in total. The van der Waals surface area contributed by atoms with Crippen molar-refractivity contribution in [2.75, 3.05) is 13.7 Å². The number of carbonyl (C=O) groups excluding carboxylic acids is 1. The zero-order valence-electron chi connectivity index (χ0n) is 11.8. The summed E-state index contributed by atoms with van der Waals surface area (Å²) in [6.45, 7) is 5.64. The van der Waals surface area contributed by atoms with Crippen molar-refractivity contribution in [3.05, 3.63) is 30.3 Å². The molecule has 0 fully saturated rings. The van der Waals surface area contributed by atoms with Gasteiger partial charge in [0.2, 0.25) is 0 Å². The Labute approximate surface area is 128 Å². The fourth-order valence-corrected chi connectivity index (χ4v) is 5.44. The molecule has 0 aliphatic carbocycles. The third kappa shape index (κ3) is 5.05. The first-order valence-corrected chi connectivity index (χ1v) is 9.82. The smallest absolute Gasteiger partial charge is 0.410 e. The molecular weight excluding hydrogens is 318 g/mol. The quantitative estimate of drug-likeness (QED) is 0.335. The molecule has 112 valence electrons. The van der Waals surface area contributed by atoms with Crippen LogP contribution in [0.4, 0.5) is 9.18 Å². The Hall–Kier alpha value is -0.620. The van der Waals surface area contributed by atoms with Crippen LogP contribution in [0.25, 0.3) is 0 Å². The van der Waals surface area contributed by atoms with E-state index in [-0.39, 0.29) is 6.04 Å². The molecule has 1 aromatic rings. The number of nitrogens with zero attached hydrogens (tertiary/aromatic N) is 2. The number of halogens is 1. The van der Waals surface area contributed by atoms with E-state index in [0.29, 0.717) is 5.75 Å². The van der Waals surface area contributed by atoms with Gasteiger partial charge >= 0.3 is 6.16 Å². The molecule has 0 spiro atoms. The maximum Gasteiger partial charge on any atom is 0.410 e. The Bertz CT molecular complexity index is 501. The summed E-state index contributed by atoms with van der Waals surface area (Å²) in [6, 6.07) is 9.23. The van der Waals surface area contributed by atoms with E-state index >= 15 is 0 Å². The van der Waals surface area contributed by atoms with Gasteiger partial charge in [-0.3, -0.25) is 0 Å². The van der Waals surface area contributed by atoms with Gasteiger partial charge in [-0.1, -0.05) is 18.2 Å². The summed E-state index contributed by atoms with van der Waals surface area (Å²) >= 11 is 6.51. The summed E-state index contributed by atoms with van der Waals surface area (Å²) in [4.78, 5) is 10.7. The van der Waals surface area contributed by atoms with Gasteiger partial charge in [0.05, 0.1) is 12.1 Å². The van der Waals surface area contributed by atoms with Crippen molar-refractivity contribution in [2.24, 2.45) is 0 Å². The Morgan fingerprint density at radius 2 is 1.95 bits per heavy atom. The number of carbonyl (C=O) groups is 1. The molecule has 0 heterocycles. The summed E-state index contributed by atoms with van der Waals surface area (Å²) in [6.07, 6.45) is -3.92. The Morgan fingerprint density at radius 1 is 1.40 bits per heavy atom. The van der Waals surface area contributed by atoms with Gasteiger partial charge in [0.25, 0.3) is 0 Å². The van der Waals surface area contributed by atoms with E-state index in [4.69, 9.17) is 16.3 Å². The first-order chi connectivity index (χ1) is 9.24. The highest BCUT2D eigenvalue weighted by Gasteiger charge is 2.29. The van der Waals surface area contributed by atoms with Gasteiger partial charge in [0.1, 0.15) is 5.75 Å². The first-order valence-electron chi connectivity index (χ1n) is 5.97. The van der Waals surface area contributed by atoms with Crippen LogP contribution in [-0.2, 0) is 11.8 Å². The standard InChI is InChI=1S/C12H18FN2O2PS2/c1-10(2)15(20-14(3)12(13)16)18(4,19)17-11-8-6-5-7-9-11/h5-10H,1-4H3. The Morgan fingerprint density at radius 3 is 2.40 bits per heavy atom. The van der Waals surface area contributed by atoms with Gasteiger partial charge in [0, 0.05) is 19.8 Å². The van der Waals surface area contributed by atoms with Crippen molar-refractivity contribution >= 4 is 36.5 Å². The second kappa shape index (κ2) is 7.41. The molecule has 1 atom stereocenters. The molecule has 1 amide bonds. The average molecular weight is 336 g/mol. The lowest BCUT2D eigenvalue weighted by atomic mass is 10.3. The van der Waals surface area contributed by atoms with Crippen molar-refractivity contribution in [1.29, 1.82) is 0 Å². The maximum atomic E-state index is 12.7. The van der Waals surface area contributed by atoms with Crippen molar-refractivity contribution in [3.8, 4) is 5.75 Å². The fraction of sp³-hybridized carbons (Fsp3) is 0.417. The average Bonchev–Trinajstić information content (AvgIpc) is 2.35. The zero-order valence-corrected chi connectivity index (χ0v) is 14.3. The molecule has 0 aliphatic heterocycles. The predicted molar refractivity (Wildman–Crippen MR) is 86.1 cm³/mol. The van der Waals surface area contributed by atoms with Crippen LogP contribution < -0.4 is 4.52 Å². The molecule has 1 rings (SSSR count). The molecule has 4 nitrogen and oxygen atoms in total. The van der Waals surface area contributed by atoms with Crippen LogP contribution in [0.3, 0.4) is 0 Å². The summed E-state index contributed by atoms with van der Waals surface area (Å²) in [5, 5.41) is 0. The Balaban J connectivity index is 2.89. The minimum absolute atomic E-state index is 0.00125. The molecule has 0 saturated carbocycles. The normalized spacial score (nSPS) is 14.2. The first kappa shape index (κ1) is 17.4. The van der Waals surface area contributed by atoms with Crippen LogP contribution in [-0.4, -0.2) is 34.3 Å². The van der Waals surface area contributed by atoms with Crippen LogP contribution in [0.15, 0.2) is 30.3 Å². The zero-order chi connectivity index (χ0) is 15.3. The van der Waals surface area contributed by atoms with E-state index in [2.05, 4.69) is 0 Å². The molecule has 8 heteroatoms. The van der Waals surface area contributed by atoms with Crippen LogP contribution in [0.5, 0.6) is 5.75 Å². The van der Waals surface area contributed by atoms with E-state index in [1.54, 1.807) is 10.7 Å². The minimum atomic E-state index is -2.41. The number of para-hydroxylation sites is 1. The monoisotopic (exact) mass is 336 g/mol. The third-order valence-corrected chi connectivity index (χ3v) is 7.19. The molecule has 0 radical (unpaired) electrons.